The van der Waals surface area contributed by atoms with Crippen LogP contribution in [0.5, 0.6) is 5.75 Å². The van der Waals surface area contributed by atoms with Crippen molar-refractivity contribution in [2.24, 2.45) is 0 Å². The Morgan fingerprint density at radius 2 is 1.79 bits per heavy atom. The second kappa shape index (κ2) is 8.00. The molecule has 0 radical (unpaired) electrons. The van der Waals surface area contributed by atoms with Crippen LogP contribution in [0.3, 0.4) is 0 Å². The molecule has 33 heavy (non-hydrogen) atoms. The van der Waals surface area contributed by atoms with Gasteiger partial charge in [0.25, 0.3) is 5.91 Å². The fourth-order valence-corrected chi connectivity index (χ4v) is 3.57. The molecule has 0 unspecified atom stereocenters. The number of nitro benzene ring substituents is 1. The average Bonchev–Trinajstić information content (AvgIpc) is 3.49. The van der Waals surface area contributed by atoms with E-state index in [4.69, 9.17) is 4.74 Å². The van der Waals surface area contributed by atoms with E-state index in [-0.39, 0.29) is 22.7 Å². The summed E-state index contributed by atoms with van der Waals surface area (Å²) in [5.41, 5.74) is 2.50. The lowest BCUT2D eigenvalue weighted by molar-refractivity contribution is -0.385. The van der Waals surface area contributed by atoms with E-state index in [0.29, 0.717) is 16.6 Å². The first-order valence-electron chi connectivity index (χ1n) is 9.90. The number of nitro groups is 1. The Labute approximate surface area is 186 Å². The molecule has 0 spiro atoms. The summed E-state index contributed by atoms with van der Waals surface area (Å²) in [5.74, 6) is -0.347. The molecule has 0 amide bonds. The largest absolute Gasteiger partial charge is 0.490 e. The lowest BCUT2D eigenvalue weighted by Gasteiger charge is -2.05. The predicted molar refractivity (Wildman–Crippen MR) is 119 cm³/mol. The van der Waals surface area contributed by atoms with Gasteiger partial charge < -0.3 is 4.74 Å². The highest BCUT2D eigenvalue weighted by Gasteiger charge is 2.25. The van der Waals surface area contributed by atoms with Crippen LogP contribution in [0.25, 0.3) is 28.0 Å². The second-order valence-electron chi connectivity index (χ2n) is 7.11. The molecule has 0 N–H and O–H groups in total. The minimum atomic E-state index is -0.539. The molecule has 10 nitrogen and oxygen atoms in total. The van der Waals surface area contributed by atoms with Crippen molar-refractivity contribution in [3.05, 3.63) is 94.7 Å². The van der Waals surface area contributed by atoms with Crippen LogP contribution in [-0.2, 0) is 0 Å². The van der Waals surface area contributed by atoms with Gasteiger partial charge in [-0.05, 0) is 36.4 Å². The highest BCUT2D eigenvalue weighted by Crippen LogP contribution is 2.33. The van der Waals surface area contributed by atoms with E-state index >= 15 is 0 Å². The number of fused-ring (bicyclic) bond motifs is 1. The second-order valence-corrected chi connectivity index (χ2v) is 7.11. The van der Waals surface area contributed by atoms with Gasteiger partial charge in [-0.3, -0.25) is 14.9 Å². The van der Waals surface area contributed by atoms with Gasteiger partial charge in [0.1, 0.15) is 11.2 Å². The zero-order chi connectivity index (χ0) is 22.9. The third-order valence-corrected chi connectivity index (χ3v) is 5.16. The lowest BCUT2D eigenvalue weighted by atomic mass is 10.1. The quantitative estimate of drug-likeness (QED) is 0.300. The number of carbonyl (C=O) groups is 1. The Morgan fingerprint density at radius 1 is 1.03 bits per heavy atom. The molecule has 0 aliphatic carbocycles. The molecular formula is C23H16N6O4. The standard InChI is InChI=1S/C23H16N6O4/c1-33-21-12-11-15(13-20(21)29(31)32)22-17(14-27(25-22)16-7-3-2-4-8-16)23(30)28-19-10-6-5-9-18(19)24-26-28/h2-14H,1H3. The van der Waals surface area contributed by atoms with Crippen LogP contribution in [-0.4, -0.2) is 42.7 Å². The van der Waals surface area contributed by atoms with Crippen molar-refractivity contribution in [1.29, 1.82) is 0 Å². The van der Waals surface area contributed by atoms with Gasteiger partial charge in [-0.1, -0.05) is 35.5 Å². The van der Waals surface area contributed by atoms with Gasteiger partial charge in [0.05, 0.1) is 28.8 Å². The smallest absolute Gasteiger partial charge is 0.311 e. The van der Waals surface area contributed by atoms with Crippen LogP contribution in [0.2, 0.25) is 0 Å². The maximum atomic E-state index is 13.6. The Balaban J connectivity index is 1.71. The van der Waals surface area contributed by atoms with E-state index in [2.05, 4.69) is 15.4 Å². The molecular weight excluding hydrogens is 424 g/mol. The minimum Gasteiger partial charge on any atom is -0.490 e. The molecule has 0 atom stereocenters. The number of ether oxygens (including phenoxy) is 1. The van der Waals surface area contributed by atoms with Crippen LogP contribution in [0.1, 0.15) is 10.4 Å². The Hall–Kier alpha value is -4.86. The summed E-state index contributed by atoms with van der Waals surface area (Å²) >= 11 is 0. The van der Waals surface area contributed by atoms with Crippen LogP contribution in [0, 0.1) is 10.1 Å². The summed E-state index contributed by atoms with van der Waals surface area (Å²) in [6.07, 6.45) is 1.58. The van der Waals surface area contributed by atoms with E-state index in [0.717, 1.165) is 5.69 Å². The Kier molecular flexibility index (Phi) is 4.87. The van der Waals surface area contributed by atoms with E-state index in [1.807, 2.05) is 30.3 Å². The molecule has 0 fully saturated rings. The maximum absolute atomic E-state index is 13.6. The van der Waals surface area contributed by atoms with Crippen molar-refractivity contribution in [2.45, 2.75) is 0 Å². The summed E-state index contributed by atoms with van der Waals surface area (Å²) in [6.45, 7) is 0. The average molecular weight is 440 g/mol. The normalized spacial score (nSPS) is 10.9. The van der Waals surface area contributed by atoms with Gasteiger partial charge in [0.2, 0.25) is 0 Å². The fraction of sp³-hybridized carbons (Fsp3) is 0.0435. The minimum absolute atomic E-state index is 0.112. The van der Waals surface area contributed by atoms with Crippen molar-refractivity contribution in [3.8, 4) is 22.7 Å². The highest BCUT2D eigenvalue weighted by molar-refractivity contribution is 6.04. The topological polar surface area (TPSA) is 118 Å². The molecule has 3 aromatic carbocycles. The molecule has 10 heteroatoms. The third kappa shape index (κ3) is 3.49. The molecule has 0 bridgehead atoms. The third-order valence-electron chi connectivity index (χ3n) is 5.16. The zero-order valence-electron chi connectivity index (χ0n) is 17.3. The van der Waals surface area contributed by atoms with Gasteiger partial charge >= 0.3 is 5.69 Å². The van der Waals surface area contributed by atoms with E-state index in [9.17, 15) is 14.9 Å². The molecule has 2 heterocycles. The van der Waals surface area contributed by atoms with Crippen LogP contribution in [0.15, 0.2) is 79.0 Å². The van der Waals surface area contributed by atoms with Crippen molar-refractivity contribution in [3.63, 3.8) is 0 Å². The van der Waals surface area contributed by atoms with Gasteiger partial charge in [-0.15, -0.1) is 5.10 Å². The van der Waals surface area contributed by atoms with E-state index in [1.165, 1.54) is 23.9 Å². The van der Waals surface area contributed by atoms with Crippen molar-refractivity contribution in [1.82, 2.24) is 24.8 Å². The number of para-hydroxylation sites is 2. The first-order valence-corrected chi connectivity index (χ1v) is 9.90. The molecule has 162 valence electrons. The number of aromatic nitrogens is 5. The van der Waals surface area contributed by atoms with Crippen molar-refractivity contribution in [2.75, 3.05) is 7.11 Å². The van der Waals surface area contributed by atoms with Crippen LogP contribution >= 0.6 is 0 Å². The Morgan fingerprint density at radius 3 is 2.55 bits per heavy atom. The van der Waals surface area contributed by atoms with E-state index in [1.54, 1.807) is 41.2 Å². The Bertz CT molecular complexity index is 1510. The number of carbonyl (C=O) groups excluding carboxylic acids is 1. The van der Waals surface area contributed by atoms with Crippen LogP contribution in [0.4, 0.5) is 5.69 Å². The molecule has 5 aromatic rings. The number of benzene rings is 3. The number of hydrogen-bond donors (Lipinski definition) is 0. The summed E-state index contributed by atoms with van der Waals surface area (Å²) in [6, 6.07) is 20.8. The molecule has 5 rings (SSSR count). The first kappa shape index (κ1) is 20.1. The molecule has 0 saturated carbocycles. The summed E-state index contributed by atoms with van der Waals surface area (Å²) < 4.78 is 7.85. The van der Waals surface area contributed by atoms with Gasteiger partial charge in [0, 0.05) is 17.8 Å². The summed E-state index contributed by atoms with van der Waals surface area (Å²) in [5, 5.41) is 24.2. The van der Waals surface area contributed by atoms with Gasteiger partial charge in [-0.25, -0.2) is 4.68 Å². The number of nitrogens with zero attached hydrogens (tertiary/aromatic N) is 6. The summed E-state index contributed by atoms with van der Waals surface area (Å²) in [7, 11) is 1.36. The maximum Gasteiger partial charge on any atom is 0.311 e. The predicted octanol–water partition coefficient (Wildman–Crippen LogP) is 3.89. The van der Waals surface area contributed by atoms with Crippen molar-refractivity contribution < 1.29 is 14.5 Å². The highest BCUT2D eigenvalue weighted by atomic mass is 16.6. The van der Waals surface area contributed by atoms with Gasteiger partial charge in [0.15, 0.2) is 5.75 Å². The molecule has 0 aliphatic heterocycles. The lowest BCUT2D eigenvalue weighted by Crippen LogP contribution is -2.14. The van der Waals surface area contributed by atoms with Crippen LogP contribution < -0.4 is 4.74 Å². The van der Waals surface area contributed by atoms with Gasteiger partial charge in [-0.2, -0.15) is 9.78 Å². The summed E-state index contributed by atoms with van der Waals surface area (Å²) in [4.78, 5) is 24.6. The SMILES string of the molecule is COc1ccc(-c2nn(-c3ccccc3)cc2C(=O)n2nnc3ccccc32)cc1[N+](=O)[O-]. The number of hydrogen-bond acceptors (Lipinski definition) is 7. The number of rotatable bonds is 5. The van der Waals surface area contributed by atoms with E-state index < -0.39 is 10.8 Å². The van der Waals surface area contributed by atoms with Crippen molar-refractivity contribution >= 4 is 22.6 Å². The number of methoxy groups -OCH3 is 1. The monoisotopic (exact) mass is 440 g/mol. The zero-order valence-corrected chi connectivity index (χ0v) is 17.3. The molecule has 2 aromatic heterocycles. The molecule has 0 aliphatic rings. The molecule has 0 saturated heterocycles. The first-order chi connectivity index (χ1) is 16.1. The fourth-order valence-electron chi connectivity index (χ4n) is 3.57.